The average molecular weight is 239 g/mol. The first-order chi connectivity index (χ1) is 6.77. The first-order valence-corrected chi connectivity index (χ1v) is 5.01. The fourth-order valence-corrected chi connectivity index (χ4v) is 1.88. The molecule has 0 aromatic rings. The molecule has 0 aromatic carbocycles. The van der Waals surface area contributed by atoms with E-state index in [1.807, 2.05) is 0 Å². The molecule has 0 bridgehead atoms. The van der Waals surface area contributed by atoms with Gasteiger partial charge in [-0.05, 0) is 0 Å². The molecule has 0 unspecified atom stereocenters. The van der Waals surface area contributed by atoms with Crippen molar-refractivity contribution in [1.82, 2.24) is 10.2 Å². The molecule has 2 aliphatic rings. The summed E-state index contributed by atoms with van der Waals surface area (Å²) < 4.78 is 18.0. The average Bonchev–Trinajstić information content (AvgIpc) is 2.65. The van der Waals surface area contributed by atoms with Crippen LogP contribution < -0.4 is 5.32 Å². The monoisotopic (exact) mass is 238 g/mol. The summed E-state index contributed by atoms with van der Waals surface area (Å²) in [5.74, 6) is 0.0217. The fourth-order valence-electron chi connectivity index (χ4n) is 1.88. The Labute approximate surface area is 94.6 Å². The number of nitrogens with one attached hydrogen (secondary N) is 1. The molecule has 2 heterocycles. The van der Waals surface area contributed by atoms with Gasteiger partial charge in [-0.25, -0.2) is 4.39 Å². The van der Waals surface area contributed by atoms with Gasteiger partial charge < -0.3 is 15.0 Å². The summed E-state index contributed by atoms with van der Waals surface area (Å²) in [7, 11) is 0. The van der Waals surface area contributed by atoms with Gasteiger partial charge >= 0.3 is 0 Å². The lowest BCUT2D eigenvalue weighted by Crippen LogP contribution is -2.48. The van der Waals surface area contributed by atoms with Gasteiger partial charge in [-0.2, -0.15) is 0 Å². The van der Waals surface area contributed by atoms with E-state index in [0.717, 1.165) is 0 Å². The van der Waals surface area contributed by atoms with Crippen molar-refractivity contribution in [3.63, 3.8) is 0 Å². The van der Waals surface area contributed by atoms with E-state index in [2.05, 4.69) is 5.32 Å². The molecular formula is C9H16ClFN2O2. The number of nitrogens with zero attached hydrogens (tertiary/aromatic N) is 1. The Morgan fingerprint density at radius 2 is 2.07 bits per heavy atom. The predicted molar refractivity (Wildman–Crippen MR) is 56.0 cm³/mol. The number of hydrogen-bond donors (Lipinski definition) is 1. The summed E-state index contributed by atoms with van der Waals surface area (Å²) in [5.41, 5.74) is 0. The van der Waals surface area contributed by atoms with Crippen LogP contribution in [0.4, 0.5) is 4.39 Å². The molecule has 1 N–H and O–H groups in total. The first kappa shape index (κ1) is 12.7. The summed E-state index contributed by atoms with van der Waals surface area (Å²) in [6, 6.07) is -0.317. The quantitative estimate of drug-likeness (QED) is 0.698. The summed E-state index contributed by atoms with van der Waals surface area (Å²) in [5, 5.41) is 2.90. The van der Waals surface area contributed by atoms with Gasteiger partial charge in [0.1, 0.15) is 6.17 Å². The minimum absolute atomic E-state index is 0. The molecule has 0 aromatic heterocycles. The molecule has 2 saturated heterocycles. The van der Waals surface area contributed by atoms with Crippen molar-refractivity contribution in [1.29, 1.82) is 0 Å². The zero-order valence-corrected chi connectivity index (χ0v) is 9.26. The minimum Gasteiger partial charge on any atom is -0.378 e. The molecule has 2 aliphatic heterocycles. The summed E-state index contributed by atoms with van der Waals surface area (Å²) >= 11 is 0. The van der Waals surface area contributed by atoms with Crippen LogP contribution in [0, 0.1) is 0 Å². The van der Waals surface area contributed by atoms with E-state index in [0.29, 0.717) is 39.3 Å². The second-order valence-electron chi connectivity index (χ2n) is 3.73. The Kier molecular flexibility index (Phi) is 4.76. The molecule has 6 heteroatoms. The van der Waals surface area contributed by atoms with E-state index in [1.165, 1.54) is 0 Å². The number of hydrogen-bond acceptors (Lipinski definition) is 3. The highest BCUT2D eigenvalue weighted by molar-refractivity contribution is 5.85. The van der Waals surface area contributed by atoms with Crippen molar-refractivity contribution in [2.45, 2.75) is 18.6 Å². The number of halogens is 2. The van der Waals surface area contributed by atoms with Gasteiger partial charge in [0.15, 0.2) is 0 Å². The van der Waals surface area contributed by atoms with Crippen LogP contribution in [-0.2, 0) is 9.53 Å². The lowest BCUT2D eigenvalue weighted by Gasteiger charge is -2.29. The van der Waals surface area contributed by atoms with Gasteiger partial charge in [0.05, 0.1) is 19.3 Å². The molecule has 0 saturated carbocycles. The van der Waals surface area contributed by atoms with Crippen molar-refractivity contribution in [2.75, 3.05) is 32.8 Å². The van der Waals surface area contributed by atoms with Gasteiger partial charge in [-0.15, -0.1) is 12.4 Å². The van der Waals surface area contributed by atoms with Crippen LogP contribution in [0.3, 0.4) is 0 Å². The van der Waals surface area contributed by atoms with Crippen LogP contribution >= 0.6 is 12.4 Å². The third kappa shape index (κ3) is 3.03. The van der Waals surface area contributed by atoms with Crippen molar-refractivity contribution in [3.05, 3.63) is 0 Å². The first-order valence-electron chi connectivity index (χ1n) is 5.01. The van der Waals surface area contributed by atoms with Crippen molar-refractivity contribution in [3.8, 4) is 0 Å². The largest absolute Gasteiger partial charge is 0.378 e. The Hall–Kier alpha value is -0.390. The maximum absolute atomic E-state index is 12.8. The maximum atomic E-state index is 12.8. The molecule has 0 aliphatic carbocycles. The molecule has 15 heavy (non-hydrogen) atoms. The minimum atomic E-state index is -0.870. The Balaban J connectivity index is 0.00000112. The van der Waals surface area contributed by atoms with Crippen molar-refractivity contribution in [2.24, 2.45) is 0 Å². The Morgan fingerprint density at radius 1 is 1.40 bits per heavy atom. The van der Waals surface area contributed by atoms with Crippen LogP contribution in [0.25, 0.3) is 0 Å². The standard InChI is InChI=1S/C9H15FN2O2.ClH/c10-7-5-8(11-6-7)9(13)12-1-3-14-4-2-12;/h7-8,11H,1-6H2;1H/t7-,8+;/m0./s1. The second-order valence-corrected chi connectivity index (χ2v) is 3.73. The van der Waals surface area contributed by atoms with Crippen LogP contribution in [0.15, 0.2) is 0 Å². The molecule has 0 spiro atoms. The van der Waals surface area contributed by atoms with Crippen LogP contribution in [0.5, 0.6) is 0 Å². The lowest BCUT2D eigenvalue weighted by molar-refractivity contribution is -0.137. The van der Waals surface area contributed by atoms with E-state index < -0.39 is 6.17 Å². The van der Waals surface area contributed by atoms with Crippen LogP contribution in [0.2, 0.25) is 0 Å². The molecule has 2 rings (SSSR count). The molecule has 2 fully saturated rings. The number of amides is 1. The van der Waals surface area contributed by atoms with Gasteiger partial charge in [0.2, 0.25) is 5.91 Å². The van der Waals surface area contributed by atoms with Gasteiger partial charge in [0.25, 0.3) is 0 Å². The molecule has 2 atom stereocenters. The van der Waals surface area contributed by atoms with Crippen LogP contribution in [0.1, 0.15) is 6.42 Å². The van der Waals surface area contributed by atoms with Gasteiger partial charge in [-0.1, -0.05) is 0 Å². The molecular weight excluding hydrogens is 223 g/mol. The van der Waals surface area contributed by atoms with E-state index in [4.69, 9.17) is 4.74 Å². The molecule has 0 radical (unpaired) electrons. The van der Waals surface area contributed by atoms with E-state index in [1.54, 1.807) is 4.90 Å². The normalized spacial score (nSPS) is 31.1. The topological polar surface area (TPSA) is 41.6 Å². The third-order valence-electron chi connectivity index (χ3n) is 2.70. The zero-order chi connectivity index (χ0) is 9.97. The molecule has 88 valence electrons. The highest BCUT2D eigenvalue weighted by Crippen LogP contribution is 2.13. The number of ether oxygens (including phenoxy) is 1. The summed E-state index contributed by atoms with van der Waals surface area (Å²) in [4.78, 5) is 13.5. The molecule has 4 nitrogen and oxygen atoms in total. The van der Waals surface area contributed by atoms with Gasteiger partial charge in [-0.3, -0.25) is 4.79 Å². The highest BCUT2D eigenvalue weighted by Gasteiger charge is 2.32. The number of rotatable bonds is 1. The smallest absolute Gasteiger partial charge is 0.239 e. The highest BCUT2D eigenvalue weighted by atomic mass is 35.5. The SMILES string of the molecule is Cl.O=C([C@H]1C[C@H](F)CN1)N1CCOCC1. The number of morpholine rings is 1. The van der Waals surface area contributed by atoms with Crippen molar-refractivity contribution >= 4 is 18.3 Å². The predicted octanol–water partition coefficient (Wildman–Crippen LogP) is -0.0330. The van der Waals surface area contributed by atoms with Crippen molar-refractivity contribution < 1.29 is 13.9 Å². The van der Waals surface area contributed by atoms with E-state index in [-0.39, 0.29) is 24.4 Å². The third-order valence-corrected chi connectivity index (χ3v) is 2.70. The van der Waals surface area contributed by atoms with E-state index in [9.17, 15) is 9.18 Å². The van der Waals surface area contributed by atoms with Crippen LogP contribution in [-0.4, -0.2) is 55.9 Å². The number of alkyl halides is 1. The summed E-state index contributed by atoms with van der Waals surface area (Å²) in [6.07, 6.45) is -0.555. The number of carbonyl (C=O) groups excluding carboxylic acids is 1. The van der Waals surface area contributed by atoms with Gasteiger partial charge in [0, 0.05) is 26.1 Å². The zero-order valence-electron chi connectivity index (χ0n) is 8.45. The Bertz CT molecular complexity index is 217. The van der Waals surface area contributed by atoms with E-state index >= 15 is 0 Å². The second kappa shape index (κ2) is 5.63. The Morgan fingerprint density at radius 3 is 2.60 bits per heavy atom. The maximum Gasteiger partial charge on any atom is 0.239 e. The number of carbonyl (C=O) groups is 1. The summed E-state index contributed by atoms with van der Waals surface area (Å²) in [6.45, 7) is 2.76. The lowest BCUT2D eigenvalue weighted by atomic mass is 10.2. The molecule has 1 amide bonds. The fraction of sp³-hybridized carbons (Fsp3) is 0.889.